The van der Waals surface area contributed by atoms with E-state index in [0.717, 1.165) is 44.8 Å². The molecule has 0 atom stereocenters. The van der Waals surface area contributed by atoms with Gasteiger partial charge in [0.05, 0.1) is 22.8 Å². The van der Waals surface area contributed by atoms with Crippen molar-refractivity contribution in [2.75, 3.05) is 0 Å². The average Bonchev–Trinajstić information content (AvgIpc) is 3.32. The topological polar surface area (TPSA) is 54.0 Å². The van der Waals surface area contributed by atoms with Gasteiger partial charge in [0.25, 0.3) is 0 Å². The fourth-order valence-electron chi connectivity index (χ4n) is 2.83. The molecule has 0 aromatic carbocycles. The minimum Gasteiger partial charge on any atom is -0.658 e. The van der Waals surface area contributed by atoms with Crippen molar-refractivity contribution in [3.05, 3.63) is 71.3 Å². The average molecular weight is 409 g/mol. The van der Waals surface area contributed by atoms with E-state index < -0.39 is 0 Å². The van der Waals surface area contributed by atoms with E-state index in [-0.39, 0.29) is 19.5 Å². The van der Waals surface area contributed by atoms with Crippen LogP contribution in [0.25, 0.3) is 46.4 Å². The van der Waals surface area contributed by atoms with Gasteiger partial charge in [-0.3, -0.25) is 0 Å². The van der Waals surface area contributed by atoms with Crippen LogP contribution in [0.2, 0.25) is 0 Å². The quantitative estimate of drug-likeness (QED) is 0.364. The van der Waals surface area contributed by atoms with Crippen LogP contribution < -0.4 is 9.97 Å². The molecule has 0 amide bonds. The van der Waals surface area contributed by atoms with E-state index in [9.17, 15) is 0 Å². The first-order valence-corrected chi connectivity index (χ1v) is 7.74. The molecular weight excluding hydrogens is 397 g/mol. The third-order valence-electron chi connectivity index (χ3n) is 3.92. The molecular formula is C20H12N4Ru. The van der Waals surface area contributed by atoms with Crippen molar-refractivity contribution in [2.45, 2.75) is 0 Å². The summed E-state index contributed by atoms with van der Waals surface area (Å²) in [6, 6.07) is 15.9. The van der Waals surface area contributed by atoms with Crippen LogP contribution in [-0.4, -0.2) is 9.97 Å². The summed E-state index contributed by atoms with van der Waals surface area (Å²) in [4.78, 5) is 18.4. The molecule has 0 saturated heterocycles. The first-order chi connectivity index (χ1) is 11.8. The standard InChI is InChI=1S/C20H12N4.Ru/c1-2-14-10-16-5-6-18(23-16)12-20-8-7-19(24-20)11-17-4-3-15(22-17)9-13(1)21-14;/h1-12H;/q-2;+2. The van der Waals surface area contributed by atoms with E-state index in [1.807, 2.05) is 72.8 Å². The number of hydrogen-bond acceptors (Lipinski definition) is 2. The smallest absolute Gasteiger partial charge is 0.658 e. The summed E-state index contributed by atoms with van der Waals surface area (Å²) < 4.78 is 0. The van der Waals surface area contributed by atoms with Gasteiger partial charge < -0.3 is 9.97 Å². The van der Waals surface area contributed by atoms with Crippen molar-refractivity contribution in [3.8, 4) is 0 Å². The van der Waals surface area contributed by atoms with E-state index in [2.05, 4.69) is 19.9 Å². The fraction of sp³-hybridized carbons (Fsp3) is 0. The van der Waals surface area contributed by atoms with Crippen molar-refractivity contribution in [3.63, 3.8) is 0 Å². The van der Waals surface area contributed by atoms with Crippen molar-refractivity contribution >= 4 is 46.4 Å². The van der Waals surface area contributed by atoms with E-state index in [1.54, 1.807) is 0 Å². The second-order valence-electron chi connectivity index (χ2n) is 5.76. The predicted octanol–water partition coefficient (Wildman–Crippen LogP) is 3.91. The monoisotopic (exact) mass is 410 g/mol. The van der Waals surface area contributed by atoms with E-state index in [0.29, 0.717) is 0 Å². The van der Waals surface area contributed by atoms with Gasteiger partial charge in [-0.05, 0) is 24.3 Å². The summed E-state index contributed by atoms with van der Waals surface area (Å²) in [6.45, 7) is 0. The largest absolute Gasteiger partial charge is 2.00 e. The molecule has 5 heteroatoms. The van der Waals surface area contributed by atoms with Gasteiger partial charge in [0.1, 0.15) is 0 Å². The molecule has 2 aliphatic heterocycles. The Morgan fingerprint density at radius 1 is 0.480 bits per heavy atom. The number of hydrogen-bond donors (Lipinski definition) is 0. The molecule has 0 unspecified atom stereocenters. The van der Waals surface area contributed by atoms with Gasteiger partial charge in [0.15, 0.2) is 0 Å². The molecule has 0 spiro atoms. The van der Waals surface area contributed by atoms with Crippen LogP contribution in [0.5, 0.6) is 0 Å². The Kier molecular flexibility index (Phi) is 3.94. The van der Waals surface area contributed by atoms with Crippen LogP contribution in [0.3, 0.4) is 0 Å². The first-order valence-electron chi connectivity index (χ1n) is 7.74. The van der Waals surface area contributed by atoms with Crippen LogP contribution in [0.15, 0.2) is 48.5 Å². The number of aromatic nitrogens is 4. The Labute approximate surface area is 157 Å². The molecule has 120 valence electrons. The second-order valence-corrected chi connectivity index (χ2v) is 5.76. The SMILES string of the molecule is C1=Cc2cc3ccc(cc4nc(cc5ccc(cc1n2)[n-]5)C=C4)[n-]3.[Ru+2]. The van der Waals surface area contributed by atoms with Crippen molar-refractivity contribution < 1.29 is 19.5 Å². The summed E-state index contributed by atoms with van der Waals surface area (Å²) in [6.07, 6.45) is 7.95. The van der Waals surface area contributed by atoms with Gasteiger partial charge in [0.2, 0.25) is 0 Å². The molecule has 0 aliphatic carbocycles. The Balaban J connectivity index is 0.00000157. The molecule has 5 rings (SSSR count). The number of fused-ring (bicyclic) bond motifs is 8. The summed E-state index contributed by atoms with van der Waals surface area (Å²) in [7, 11) is 0. The normalized spacial score (nSPS) is 12.2. The van der Waals surface area contributed by atoms with Gasteiger partial charge in [-0.2, -0.15) is 0 Å². The van der Waals surface area contributed by atoms with Crippen LogP contribution in [0.1, 0.15) is 22.8 Å². The zero-order valence-corrected chi connectivity index (χ0v) is 14.8. The Hall–Kier alpha value is -2.78. The third-order valence-corrected chi connectivity index (χ3v) is 3.92. The number of nitrogens with zero attached hydrogens (tertiary/aromatic N) is 4. The molecule has 0 N–H and O–H groups in total. The van der Waals surface area contributed by atoms with Crippen molar-refractivity contribution in [1.29, 1.82) is 0 Å². The van der Waals surface area contributed by atoms with Gasteiger partial charge in [0, 0.05) is 0 Å². The maximum absolute atomic E-state index is 4.59. The van der Waals surface area contributed by atoms with Crippen molar-refractivity contribution in [2.24, 2.45) is 0 Å². The molecule has 0 saturated carbocycles. The third kappa shape index (κ3) is 3.24. The molecule has 3 aromatic heterocycles. The Morgan fingerprint density at radius 2 is 0.760 bits per heavy atom. The van der Waals surface area contributed by atoms with E-state index in [4.69, 9.17) is 0 Å². The number of rotatable bonds is 0. The van der Waals surface area contributed by atoms with Crippen LogP contribution in [-0.2, 0) is 19.5 Å². The van der Waals surface area contributed by atoms with Gasteiger partial charge in [-0.15, -0.1) is 22.1 Å². The van der Waals surface area contributed by atoms with E-state index >= 15 is 0 Å². The second kappa shape index (κ2) is 6.26. The maximum atomic E-state index is 4.59. The predicted molar refractivity (Wildman–Crippen MR) is 96.8 cm³/mol. The summed E-state index contributed by atoms with van der Waals surface area (Å²) in [5.74, 6) is 0. The minimum atomic E-state index is 0. The minimum absolute atomic E-state index is 0. The van der Waals surface area contributed by atoms with E-state index in [1.165, 1.54) is 0 Å². The molecule has 25 heavy (non-hydrogen) atoms. The fourth-order valence-corrected chi connectivity index (χ4v) is 2.83. The molecule has 4 nitrogen and oxygen atoms in total. The van der Waals surface area contributed by atoms with Crippen LogP contribution in [0, 0.1) is 0 Å². The first kappa shape index (κ1) is 15.7. The van der Waals surface area contributed by atoms with Crippen LogP contribution >= 0.6 is 0 Å². The molecule has 8 bridgehead atoms. The molecule has 0 fully saturated rings. The summed E-state index contributed by atoms with van der Waals surface area (Å²) in [5, 5.41) is 0. The van der Waals surface area contributed by atoms with Gasteiger partial charge >= 0.3 is 19.5 Å². The molecule has 5 heterocycles. The van der Waals surface area contributed by atoms with Gasteiger partial charge in [-0.1, -0.05) is 48.5 Å². The summed E-state index contributed by atoms with van der Waals surface area (Å²) >= 11 is 0. The molecule has 2 aliphatic rings. The maximum Gasteiger partial charge on any atom is 2.00 e. The molecule has 3 aromatic rings. The Morgan fingerprint density at radius 3 is 1.04 bits per heavy atom. The van der Waals surface area contributed by atoms with Crippen molar-refractivity contribution in [1.82, 2.24) is 19.9 Å². The Bertz CT molecular complexity index is 990. The summed E-state index contributed by atoms with van der Waals surface area (Å²) in [5.41, 5.74) is 7.15. The van der Waals surface area contributed by atoms with Crippen LogP contribution in [0.4, 0.5) is 0 Å². The zero-order chi connectivity index (χ0) is 15.9. The van der Waals surface area contributed by atoms with Gasteiger partial charge in [-0.25, -0.2) is 9.97 Å². The zero-order valence-electron chi connectivity index (χ0n) is 13.1. The molecule has 0 radical (unpaired) electrons.